The summed E-state index contributed by atoms with van der Waals surface area (Å²) in [5.41, 5.74) is 6.73. The molecule has 0 bridgehead atoms. The Hall–Kier alpha value is -4.24. The fourth-order valence-electron chi connectivity index (χ4n) is 2.74. The third-order valence-corrected chi connectivity index (χ3v) is 4.63. The van der Waals surface area contributed by atoms with Gasteiger partial charge in [0, 0.05) is 11.1 Å². The zero-order chi connectivity index (χ0) is 23.6. The van der Waals surface area contributed by atoms with Crippen LogP contribution in [0.3, 0.4) is 0 Å². The first-order chi connectivity index (χ1) is 16.0. The van der Waals surface area contributed by atoms with Crippen molar-refractivity contribution >= 4 is 35.1 Å². The van der Waals surface area contributed by atoms with Gasteiger partial charge in [-0.2, -0.15) is 0 Å². The van der Waals surface area contributed by atoms with E-state index in [0.717, 1.165) is 5.56 Å². The molecule has 3 aromatic carbocycles. The van der Waals surface area contributed by atoms with Crippen LogP contribution in [0.15, 0.2) is 78.9 Å². The molecule has 0 aliphatic carbocycles. The second-order valence-corrected chi connectivity index (χ2v) is 7.14. The van der Waals surface area contributed by atoms with E-state index < -0.39 is 17.8 Å². The minimum absolute atomic E-state index is 0.111. The van der Waals surface area contributed by atoms with Crippen LogP contribution >= 0.6 is 12.2 Å². The number of nitrogens with one attached hydrogen (secondary N) is 3. The number of rotatable bonds is 6. The van der Waals surface area contributed by atoms with Gasteiger partial charge in [0.15, 0.2) is 5.11 Å². The molecule has 9 heteroatoms. The number of amides is 2. The highest BCUT2D eigenvalue weighted by Crippen LogP contribution is 2.14. The van der Waals surface area contributed by atoms with Crippen LogP contribution in [0, 0.1) is 0 Å². The summed E-state index contributed by atoms with van der Waals surface area (Å²) in [6, 6.07) is 22.3. The van der Waals surface area contributed by atoms with Gasteiger partial charge in [0.2, 0.25) is 0 Å². The minimum Gasteiger partial charge on any atom is -0.489 e. The summed E-state index contributed by atoms with van der Waals surface area (Å²) in [5.74, 6) is -0.934. The topological polar surface area (TPSA) is 106 Å². The molecule has 8 nitrogen and oxygen atoms in total. The lowest BCUT2D eigenvalue weighted by atomic mass is 10.1. The van der Waals surface area contributed by atoms with E-state index in [4.69, 9.17) is 17.0 Å². The third kappa shape index (κ3) is 6.88. The number of thiocarbonyl (C=S) groups is 1. The molecular weight excluding hydrogens is 442 g/mol. The lowest BCUT2D eigenvalue weighted by Crippen LogP contribution is -2.48. The van der Waals surface area contributed by atoms with Gasteiger partial charge in [-0.05, 0) is 60.2 Å². The van der Waals surface area contributed by atoms with Crippen LogP contribution in [-0.4, -0.2) is 30.0 Å². The first kappa shape index (κ1) is 23.4. The molecule has 0 radical (unpaired) electrons. The number of hydrazine groups is 1. The molecular formula is C24H21N3O5S. The van der Waals surface area contributed by atoms with Crippen molar-refractivity contribution in [2.24, 2.45) is 0 Å². The molecule has 3 aromatic rings. The first-order valence-electron chi connectivity index (χ1n) is 9.83. The van der Waals surface area contributed by atoms with E-state index in [-0.39, 0.29) is 16.2 Å². The minimum atomic E-state index is -0.561. The van der Waals surface area contributed by atoms with E-state index in [1.54, 1.807) is 30.3 Å². The summed E-state index contributed by atoms with van der Waals surface area (Å²) < 4.78 is 10.3. The molecule has 0 aromatic heterocycles. The second kappa shape index (κ2) is 11.4. The van der Waals surface area contributed by atoms with Crippen LogP contribution in [0.2, 0.25) is 0 Å². The van der Waals surface area contributed by atoms with Crippen molar-refractivity contribution in [1.29, 1.82) is 0 Å². The average Bonchev–Trinajstić information content (AvgIpc) is 2.86. The van der Waals surface area contributed by atoms with Crippen molar-refractivity contribution in [1.82, 2.24) is 16.2 Å². The van der Waals surface area contributed by atoms with Gasteiger partial charge < -0.3 is 9.47 Å². The lowest BCUT2D eigenvalue weighted by molar-refractivity contribution is 0.0600. The summed E-state index contributed by atoms with van der Waals surface area (Å²) in [7, 11) is 1.25. The predicted octanol–water partition coefficient (Wildman–Crippen LogP) is 3.00. The van der Waals surface area contributed by atoms with E-state index in [9.17, 15) is 14.4 Å². The summed E-state index contributed by atoms with van der Waals surface area (Å²) in [6.07, 6.45) is 0. The second-order valence-electron chi connectivity index (χ2n) is 6.73. The maximum Gasteiger partial charge on any atom is 0.337 e. The largest absolute Gasteiger partial charge is 0.489 e. The number of hydrogen-bond acceptors (Lipinski definition) is 6. The molecule has 0 aliphatic heterocycles. The molecule has 168 valence electrons. The molecule has 33 heavy (non-hydrogen) atoms. The van der Waals surface area contributed by atoms with Gasteiger partial charge in [-0.25, -0.2) is 4.79 Å². The molecule has 0 aliphatic rings. The van der Waals surface area contributed by atoms with E-state index in [1.165, 1.54) is 25.3 Å². The van der Waals surface area contributed by atoms with Crippen molar-refractivity contribution in [3.8, 4) is 5.75 Å². The smallest absolute Gasteiger partial charge is 0.337 e. The highest BCUT2D eigenvalue weighted by molar-refractivity contribution is 7.80. The summed E-state index contributed by atoms with van der Waals surface area (Å²) >= 11 is 5.04. The molecule has 3 N–H and O–H groups in total. The van der Waals surface area contributed by atoms with Gasteiger partial charge in [-0.1, -0.05) is 36.4 Å². The number of ether oxygens (including phenoxy) is 2. The van der Waals surface area contributed by atoms with Crippen molar-refractivity contribution in [3.63, 3.8) is 0 Å². The van der Waals surface area contributed by atoms with Gasteiger partial charge in [0.25, 0.3) is 11.8 Å². The maximum atomic E-state index is 12.3. The van der Waals surface area contributed by atoms with E-state index in [0.29, 0.717) is 17.9 Å². The van der Waals surface area contributed by atoms with Crippen LogP contribution in [0.1, 0.15) is 36.6 Å². The average molecular weight is 464 g/mol. The third-order valence-electron chi connectivity index (χ3n) is 4.43. The van der Waals surface area contributed by atoms with Crippen LogP contribution in [-0.2, 0) is 11.3 Å². The van der Waals surface area contributed by atoms with Crippen LogP contribution in [0.25, 0.3) is 0 Å². The summed E-state index contributed by atoms with van der Waals surface area (Å²) in [5, 5.41) is 2.31. The highest BCUT2D eigenvalue weighted by atomic mass is 32.1. The molecule has 0 saturated heterocycles. The van der Waals surface area contributed by atoms with E-state index in [1.807, 2.05) is 30.3 Å². The summed E-state index contributed by atoms with van der Waals surface area (Å²) in [4.78, 5) is 36.2. The van der Waals surface area contributed by atoms with Gasteiger partial charge in [-0.15, -0.1) is 0 Å². The molecule has 0 heterocycles. The number of hydrogen-bond donors (Lipinski definition) is 3. The van der Waals surface area contributed by atoms with Gasteiger partial charge in [-0.3, -0.25) is 25.8 Å². The van der Waals surface area contributed by atoms with Gasteiger partial charge in [0.1, 0.15) is 12.4 Å². The molecule has 0 fully saturated rings. The van der Waals surface area contributed by atoms with E-state index in [2.05, 4.69) is 20.9 Å². The Labute approximate surface area is 195 Å². The van der Waals surface area contributed by atoms with Crippen LogP contribution in [0.5, 0.6) is 5.75 Å². The van der Waals surface area contributed by atoms with Crippen molar-refractivity contribution in [2.75, 3.05) is 7.11 Å². The normalized spacial score (nSPS) is 9.97. The molecule has 0 spiro atoms. The number of carbonyl (C=O) groups is 3. The number of benzene rings is 3. The zero-order valence-electron chi connectivity index (χ0n) is 17.7. The van der Waals surface area contributed by atoms with Crippen LogP contribution in [0.4, 0.5) is 0 Å². The monoisotopic (exact) mass is 463 g/mol. The standard InChI is InChI=1S/C24H21N3O5S/c1-31-23(30)19-9-5-8-18(14-19)21(28)25-24(33)27-26-22(29)17-10-12-20(13-11-17)32-15-16-6-3-2-4-7-16/h2-14H,15H2,1H3,(H,26,29)(H2,25,27,28,33). The summed E-state index contributed by atoms with van der Waals surface area (Å²) in [6.45, 7) is 0.421. The van der Waals surface area contributed by atoms with Gasteiger partial charge in [0.05, 0.1) is 12.7 Å². The Morgan fingerprint density at radius 2 is 1.48 bits per heavy atom. The predicted molar refractivity (Wildman–Crippen MR) is 126 cm³/mol. The fourth-order valence-corrected chi connectivity index (χ4v) is 2.88. The Balaban J connectivity index is 1.47. The van der Waals surface area contributed by atoms with Crippen molar-refractivity contribution < 1.29 is 23.9 Å². The SMILES string of the molecule is COC(=O)c1cccc(C(=O)NC(=S)NNC(=O)c2ccc(OCc3ccccc3)cc2)c1. The molecule has 3 rings (SSSR count). The van der Waals surface area contributed by atoms with Gasteiger partial charge >= 0.3 is 5.97 Å². The molecule has 0 saturated carbocycles. The first-order valence-corrected chi connectivity index (χ1v) is 10.2. The Kier molecular flexibility index (Phi) is 8.09. The quantitative estimate of drug-likeness (QED) is 0.293. The highest BCUT2D eigenvalue weighted by Gasteiger charge is 2.12. The molecule has 0 atom stereocenters. The van der Waals surface area contributed by atoms with Crippen molar-refractivity contribution in [2.45, 2.75) is 6.61 Å². The Morgan fingerprint density at radius 1 is 0.788 bits per heavy atom. The molecule has 0 unspecified atom stereocenters. The van der Waals surface area contributed by atoms with Crippen molar-refractivity contribution in [3.05, 3.63) is 101 Å². The maximum absolute atomic E-state index is 12.3. The lowest BCUT2D eigenvalue weighted by Gasteiger charge is -2.12. The zero-order valence-corrected chi connectivity index (χ0v) is 18.5. The number of carbonyl (C=O) groups excluding carboxylic acids is 3. The Bertz CT molecular complexity index is 1150. The van der Waals surface area contributed by atoms with Crippen LogP contribution < -0.4 is 20.9 Å². The Morgan fingerprint density at radius 3 is 2.18 bits per heavy atom. The van der Waals surface area contributed by atoms with E-state index >= 15 is 0 Å². The molecule has 2 amide bonds. The number of esters is 1. The number of methoxy groups -OCH3 is 1. The fraction of sp³-hybridized carbons (Fsp3) is 0.0833.